The molecule has 0 radical (unpaired) electrons. The summed E-state index contributed by atoms with van der Waals surface area (Å²) in [6.45, 7) is 2.16. The van der Waals surface area contributed by atoms with Crippen LogP contribution in [0.2, 0.25) is 0 Å². The van der Waals surface area contributed by atoms with Crippen molar-refractivity contribution in [3.8, 4) is 11.5 Å². The van der Waals surface area contributed by atoms with Crippen LogP contribution in [-0.4, -0.2) is 32.4 Å². The third-order valence-electron chi connectivity index (χ3n) is 4.04. The van der Waals surface area contributed by atoms with Crippen LogP contribution in [0.3, 0.4) is 0 Å². The first-order valence-electron chi connectivity index (χ1n) is 7.85. The van der Waals surface area contributed by atoms with Crippen LogP contribution in [0.1, 0.15) is 43.0 Å². The lowest BCUT2D eigenvalue weighted by Gasteiger charge is -2.25. The van der Waals surface area contributed by atoms with Crippen LogP contribution < -0.4 is 9.47 Å². The average Bonchev–Trinajstić information content (AvgIpc) is 2.60. The lowest BCUT2D eigenvalue weighted by Crippen LogP contribution is -2.24. The van der Waals surface area contributed by atoms with Gasteiger partial charge in [-0.05, 0) is 43.7 Å². The molecule has 7 heteroatoms. The third-order valence-corrected chi connectivity index (χ3v) is 4.04. The largest absolute Gasteiger partial charge is 0.550 e. The Morgan fingerprint density at radius 1 is 0.958 bits per heavy atom. The highest BCUT2D eigenvalue weighted by Gasteiger charge is 2.25. The number of benzene rings is 1. The van der Waals surface area contributed by atoms with Crippen molar-refractivity contribution in [1.82, 2.24) is 0 Å². The number of methoxy groups -OCH3 is 2. The van der Waals surface area contributed by atoms with Gasteiger partial charge in [0.2, 0.25) is 0 Å². The normalized spacial score (nSPS) is 20.0. The van der Waals surface area contributed by atoms with E-state index in [9.17, 15) is 9.59 Å². The van der Waals surface area contributed by atoms with Crippen LogP contribution in [-0.2, 0) is 14.5 Å². The quantitative estimate of drug-likeness (QED) is 0.472. The van der Waals surface area contributed by atoms with Crippen molar-refractivity contribution in [2.45, 2.75) is 38.7 Å². The predicted molar refractivity (Wildman–Crippen MR) is 83.9 cm³/mol. The number of hydrogen-bond acceptors (Lipinski definition) is 7. The molecular weight excluding hydrogens is 316 g/mol. The molecule has 1 fully saturated rings. The van der Waals surface area contributed by atoms with E-state index >= 15 is 0 Å². The monoisotopic (exact) mass is 338 g/mol. The molecule has 0 aliphatic heterocycles. The van der Waals surface area contributed by atoms with E-state index in [0.717, 1.165) is 25.7 Å². The maximum Gasteiger partial charge on any atom is 0.550 e. The molecule has 7 nitrogen and oxygen atoms in total. The summed E-state index contributed by atoms with van der Waals surface area (Å²) in [5, 5.41) is 0. The molecule has 1 aliphatic rings. The van der Waals surface area contributed by atoms with E-state index < -0.39 is 12.1 Å². The highest BCUT2D eigenvalue weighted by atomic mass is 17.2. The standard InChI is InChI=1S/C17H22O7/c1-11-7-9-12(10-8-11)22-17(19)24-23-16(18)15-13(20-2)5-4-6-14(15)21-3/h4-6,11-12H,7-10H2,1-3H3. The zero-order valence-electron chi connectivity index (χ0n) is 14.1. The van der Waals surface area contributed by atoms with Gasteiger partial charge < -0.3 is 14.2 Å². The van der Waals surface area contributed by atoms with Crippen molar-refractivity contribution < 1.29 is 33.6 Å². The fourth-order valence-electron chi connectivity index (χ4n) is 2.67. The van der Waals surface area contributed by atoms with Crippen LogP contribution in [0, 0.1) is 5.92 Å². The predicted octanol–water partition coefficient (Wildman–Crippen LogP) is 3.51. The summed E-state index contributed by atoms with van der Waals surface area (Å²) >= 11 is 0. The summed E-state index contributed by atoms with van der Waals surface area (Å²) in [5.74, 6) is 0.227. The topological polar surface area (TPSA) is 80.3 Å². The molecule has 1 aromatic carbocycles. The number of carbonyl (C=O) groups is 2. The van der Waals surface area contributed by atoms with Gasteiger partial charge in [0.25, 0.3) is 0 Å². The number of ether oxygens (including phenoxy) is 3. The summed E-state index contributed by atoms with van der Waals surface area (Å²) in [6, 6.07) is 4.80. The smallest absolute Gasteiger partial charge is 0.496 e. The van der Waals surface area contributed by atoms with E-state index in [1.165, 1.54) is 14.2 Å². The SMILES string of the molecule is COc1cccc(OC)c1C(=O)OOC(=O)OC1CCC(C)CC1. The van der Waals surface area contributed by atoms with E-state index in [4.69, 9.17) is 14.2 Å². The molecule has 0 atom stereocenters. The first kappa shape index (κ1) is 17.9. The first-order chi connectivity index (χ1) is 11.5. The van der Waals surface area contributed by atoms with Gasteiger partial charge in [-0.1, -0.05) is 13.0 Å². The van der Waals surface area contributed by atoms with E-state index in [1.807, 2.05) is 0 Å². The molecule has 0 spiro atoms. The molecule has 0 aromatic heterocycles. The van der Waals surface area contributed by atoms with Crippen LogP contribution in [0.25, 0.3) is 0 Å². The molecule has 0 N–H and O–H groups in total. The Hall–Kier alpha value is -2.44. The van der Waals surface area contributed by atoms with E-state index in [1.54, 1.807) is 18.2 Å². The van der Waals surface area contributed by atoms with Gasteiger partial charge in [0.1, 0.15) is 23.2 Å². The molecule has 1 aliphatic carbocycles. The van der Waals surface area contributed by atoms with Gasteiger partial charge >= 0.3 is 12.1 Å². The van der Waals surface area contributed by atoms with Crippen molar-refractivity contribution in [3.05, 3.63) is 23.8 Å². The summed E-state index contributed by atoms with van der Waals surface area (Å²) in [7, 11) is 2.81. The van der Waals surface area contributed by atoms with Crippen LogP contribution >= 0.6 is 0 Å². The Kier molecular flexibility index (Phi) is 6.28. The Morgan fingerprint density at radius 3 is 2.08 bits per heavy atom. The van der Waals surface area contributed by atoms with Crippen molar-refractivity contribution >= 4 is 12.1 Å². The fraction of sp³-hybridized carbons (Fsp3) is 0.529. The van der Waals surface area contributed by atoms with Crippen molar-refractivity contribution in [3.63, 3.8) is 0 Å². The molecule has 0 bridgehead atoms. The van der Waals surface area contributed by atoms with Crippen molar-refractivity contribution in [1.29, 1.82) is 0 Å². The maximum absolute atomic E-state index is 12.1. The van der Waals surface area contributed by atoms with E-state index in [2.05, 4.69) is 16.7 Å². The van der Waals surface area contributed by atoms with Crippen molar-refractivity contribution in [2.75, 3.05) is 14.2 Å². The van der Waals surface area contributed by atoms with E-state index in [0.29, 0.717) is 5.92 Å². The Morgan fingerprint density at radius 2 is 1.54 bits per heavy atom. The summed E-state index contributed by atoms with van der Waals surface area (Å²) in [4.78, 5) is 32.8. The minimum Gasteiger partial charge on any atom is -0.496 e. The van der Waals surface area contributed by atoms with Gasteiger partial charge in [0.15, 0.2) is 0 Å². The average molecular weight is 338 g/mol. The number of hydrogen-bond donors (Lipinski definition) is 0. The molecule has 1 aromatic rings. The minimum atomic E-state index is -1.03. The van der Waals surface area contributed by atoms with Gasteiger partial charge in [-0.2, -0.15) is 4.79 Å². The summed E-state index contributed by atoms with van der Waals surface area (Å²) < 4.78 is 15.3. The molecule has 0 heterocycles. The second kappa shape index (κ2) is 8.42. The molecule has 1 saturated carbocycles. The lowest BCUT2D eigenvalue weighted by atomic mass is 9.89. The summed E-state index contributed by atoms with van der Waals surface area (Å²) in [5.41, 5.74) is 0.0294. The zero-order chi connectivity index (χ0) is 17.5. The molecule has 0 amide bonds. The summed E-state index contributed by atoms with van der Waals surface area (Å²) in [6.07, 6.45) is 2.33. The van der Waals surface area contributed by atoms with E-state index in [-0.39, 0.29) is 23.2 Å². The van der Waals surface area contributed by atoms with Crippen LogP contribution in [0.5, 0.6) is 11.5 Å². The number of rotatable bonds is 4. The second-order valence-electron chi connectivity index (χ2n) is 5.74. The second-order valence-corrected chi connectivity index (χ2v) is 5.74. The van der Waals surface area contributed by atoms with Gasteiger partial charge in [-0.3, -0.25) is 0 Å². The van der Waals surface area contributed by atoms with Crippen LogP contribution in [0.15, 0.2) is 18.2 Å². The maximum atomic E-state index is 12.1. The third kappa shape index (κ3) is 4.53. The van der Waals surface area contributed by atoms with Gasteiger partial charge in [-0.25, -0.2) is 14.6 Å². The lowest BCUT2D eigenvalue weighted by molar-refractivity contribution is -0.208. The fourth-order valence-corrected chi connectivity index (χ4v) is 2.67. The first-order valence-corrected chi connectivity index (χ1v) is 7.85. The highest BCUT2D eigenvalue weighted by Crippen LogP contribution is 2.29. The molecular formula is C17H22O7. The van der Waals surface area contributed by atoms with Crippen LogP contribution in [0.4, 0.5) is 4.79 Å². The van der Waals surface area contributed by atoms with Gasteiger partial charge in [-0.15, -0.1) is 0 Å². The zero-order valence-corrected chi connectivity index (χ0v) is 14.1. The Labute approximate surface area is 140 Å². The molecule has 2 rings (SSSR count). The molecule has 24 heavy (non-hydrogen) atoms. The van der Waals surface area contributed by atoms with Gasteiger partial charge in [0, 0.05) is 0 Å². The molecule has 0 unspecified atom stereocenters. The Bertz CT molecular complexity index is 554. The van der Waals surface area contributed by atoms with Crippen molar-refractivity contribution in [2.24, 2.45) is 5.92 Å². The highest BCUT2D eigenvalue weighted by molar-refractivity contribution is 5.95. The Balaban J connectivity index is 1.90. The number of carbonyl (C=O) groups excluding carboxylic acids is 2. The molecule has 132 valence electrons. The molecule has 0 saturated heterocycles. The minimum absolute atomic E-state index is 0.0294. The van der Waals surface area contributed by atoms with Gasteiger partial charge in [0.05, 0.1) is 14.2 Å².